The zero-order valence-corrected chi connectivity index (χ0v) is 12.6. The Labute approximate surface area is 121 Å². The third-order valence-electron chi connectivity index (χ3n) is 3.76. The van der Waals surface area contributed by atoms with Crippen molar-refractivity contribution in [2.24, 2.45) is 11.8 Å². The van der Waals surface area contributed by atoms with Crippen LogP contribution in [-0.2, 0) is 0 Å². The number of hydrogen-bond acceptors (Lipinski definition) is 4. The molecular weight excluding hydrogens is 248 g/mol. The largest absolute Gasteiger partial charge is 0.366 e. The Balaban J connectivity index is 1.85. The van der Waals surface area contributed by atoms with Crippen LogP contribution in [0.15, 0.2) is 18.3 Å². The molecule has 1 fully saturated rings. The summed E-state index contributed by atoms with van der Waals surface area (Å²) < 4.78 is 0. The van der Waals surface area contributed by atoms with Gasteiger partial charge in [0, 0.05) is 31.9 Å². The van der Waals surface area contributed by atoms with Gasteiger partial charge in [0.05, 0.1) is 5.56 Å². The number of hydrogen-bond donors (Lipinski definition) is 1. The average Bonchev–Trinajstić information content (AvgIpc) is 2.38. The zero-order chi connectivity index (χ0) is 14.5. The molecule has 4 nitrogen and oxygen atoms in total. The third-order valence-corrected chi connectivity index (χ3v) is 3.76. The van der Waals surface area contributed by atoms with Crippen molar-refractivity contribution in [2.45, 2.75) is 33.2 Å². The number of nitriles is 1. The van der Waals surface area contributed by atoms with Gasteiger partial charge < -0.3 is 10.2 Å². The molecule has 2 heterocycles. The van der Waals surface area contributed by atoms with Gasteiger partial charge in [0.15, 0.2) is 0 Å². The molecule has 0 saturated carbocycles. The SMILES string of the molecule is CC1CC(C)CN(CC(C)Nc2ccc(C#N)cn2)C1. The van der Waals surface area contributed by atoms with E-state index in [9.17, 15) is 0 Å². The van der Waals surface area contributed by atoms with Gasteiger partial charge in [-0.05, 0) is 37.3 Å². The van der Waals surface area contributed by atoms with E-state index >= 15 is 0 Å². The van der Waals surface area contributed by atoms with Gasteiger partial charge in [-0.3, -0.25) is 0 Å². The minimum absolute atomic E-state index is 0.355. The van der Waals surface area contributed by atoms with E-state index in [1.165, 1.54) is 19.5 Å². The number of rotatable bonds is 4. The minimum Gasteiger partial charge on any atom is -0.366 e. The number of anilines is 1. The van der Waals surface area contributed by atoms with E-state index in [0.29, 0.717) is 11.6 Å². The molecule has 1 aromatic rings. The Morgan fingerprint density at radius 2 is 2.10 bits per heavy atom. The summed E-state index contributed by atoms with van der Waals surface area (Å²) in [6.45, 7) is 10.3. The average molecular weight is 272 g/mol. The standard InChI is InChI=1S/C16H24N4/c1-12-6-13(2)10-20(9-12)11-14(3)19-16-5-4-15(7-17)8-18-16/h4-5,8,12-14H,6,9-11H2,1-3H3,(H,18,19). The quantitative estimate of drug-likeness (QED) is 0.915. The van der Waals surface area contributed by atoms with Crippen LogP contribution in [-0.4, -0.2) is 35.6 Å². The molecule has 3 unspecified atom stereocenters. The molecule has 4 heteroatoms. The first-order valence-corrected chi connectivity index (χ1v) is 7.42. The first-order valence-electron chi connectivity index (χ1n) is 7.42. The Hall–Kier alpha value is -1.60. The monoisotopic (exact) mass is 272 g/mol. The maximum absolute atomic E-state index is 8.76. The zero-order valence-electron chi connectivity index (χ0n) is 12.6. The summed E-state index contributed by atoms with van der Waals surface area (Å²) >= 11 is 0. The van der Waals surface area contributed by atoms with Crippen LogP contribution in [0.3, 0.4) is 0 Å². The van der Waals surface area contributed by atoms with Gasteiger partial charge in [-0.15, -0.1) is 0 Å². The molecule has 0 amide bonds. The number of piperidine rings is 1. The van der Waals surface area contributed by atoms with E-state index in [4.69, 9.17) is 5.26 Å². The summed E-state index contributed by atoms with van der Waals surface area (Å²) in [5.41, 5.74) is 0.599. The molecule has 3 atom stereocenters. The van der Waals surface area contributed by atoms with Gasteiger partial charge in [-0.25, -0.2) is 4.98 Å². The van der Waals surface area contributed by atoms with E-state index in [2.05, 4.69) is 42.0 Å². The van der Waals surface area contributed by atoms with Crippen LogP contribution in [0.5, 0.6) is 0 Å². The van der Waals surface area contributed by atoms with Crippen molar-refractivity contribution < 1.29 is 0 Å². The van der Waals surface area contributed by atoms with Crippen LogP contribution in [0.1, 0.15) is 32.8 Å². The lowest BCUT2D eigenvalue weighted by atomic mass is 9.92. The highest BCUT2D eigenvalue weighted by molar-refractivity contribution is 5.39. The molecule has 1 aliphatic heterocycles. The van der Waals surface area contributed by atoms with E-state index in [0.717, 1.165) is 24.2 Å². The van der Waals surface area contributed by atoms with Crippen LogP contribution < -0.4 is 5.32 Å². The van der Waals surface area contributed by atoms with Gasteiger partial charge in [0.2, 0.25) is 0 Å². The summed E-state index contributed by atoms with van der Waals surface area (Å²) in [6, 6.07) is 6.11. The maximum atomic E-state index is 8.76. The number of pyridine rings is 1. The second-order valence-corrected chi connectivity index (χ2v) is 6.25. The van der Waals surface area contributed by atoms with Crippen LogP contribution >= 0.6 is 0 Å². The van der Waals surface area contributed by atoms with Gasteiger partial charge >= 0.3 is 0 Å². The highest BCUT2D eigenvalue weighted by Crippen LogP contribution is 2.21. The van der Waals surface area contributed by atoms with Crippen molar-refractivity contribution >= 4 is 5.82 Å². The normalized spacial score (nSPS) is 24.9. The van der Waals surface area contributed by atoms with Crippen molar-refractivity contribution in [2.75, 3.05) is 25.0 Å². The highest BCUT2D eigenvalue weighted by atomic mass is 15.2. The van der Waals surface area contributed by atoms with Crippen molar-refractivity contribution in [3.63, 3.8) is 0 Å². The molecule has 0 bridgehead atoms. The molecule has 2 rings (SSSR count). The number of nitrogens with zero attached hydrogens (tertiary/aromatic N) is 3. The highest BCUT2D eigenvalue weighted by Gasteiger charge is 2.22. The molecular formula is C16H24N4. The molecule has 1 aromatic heterocycles. The van der Waals surface area contributed by atoms with Crippen LogP contribution in [0.4, 0.5) is 5.82 Å². The number of nitrogens with one attached hydrogen (secondary N) is 1. The lowest BCUT2D eigenvalue weighted by Crippen LogP contribution is -2.43. The molecule has 0 radical (unpaired) electrons. The van der Waals surface area contributed by atoms with E-state index in [1.54, 1.807) is 12.3 Å². The van der Waals surface area contributed by atoms with Gasteiger partial charge in [0.1, 0.15) is 11.9 Å². The predicted octanol–water partition coefficient (Wildman–Crippen LogP) is 2.73. The van der Waals surface area contributed by atoms with Crippen molar-refractivity contribution in [3.05, 3.63) is 23.9 Å². The van der Waals surface area contributed by atoms with Gasteiger partial charge in [0.25, 0.3) is 0 Å². The first-order chi connectivity index (χ1) is 9.56. The van der Waals surface area contributed by atoms with Crippen LogP contribution in [0.2, 0.25) is 0 Å². The summed E-state index contributed by atoms with van der Waals surface area (Å²) in [5, 5.41) is 12.2. The lowest BCUT2D eigenvalue weighted by molar-refractivity contribution is 0.138. The summed E-state index contributed by atoms with van der Waals surface area (Å²) in [4.78, 5) is 6.80. The Morgan fingerprint density at radius 1 is 1.40 bits per heavy atom. The molecule has 1 saturated heterocycles. The molecule has 0 aliphatic carbocycles. The molecule has 0 aromatic carbocycles. The molecule has 108 valence electrons. The molecule has 1 N–H and O–H groups in total. The van der Waals surface area contributed by atoms with E-state index < -0.39 is 0 Å². The maximum Gasteiger partial charge on any atom is 0.126 e. The molecule has 20 heavy (non-hydrogen) atoms. The van der Waals surface area contributed by atoms with Gasteiger partial charge in [-0.1, -0.05) is 13.8 Å². The fourth-order valence-corrected chi connectivity index (χ4v) is 3.17. The summed E-state index contributed by atoms with van der Waals surface area (Å²) in [6.07, 6.45) is 2.95. The number of aromatic nitrogens is 1. The number of likely N-dealkylation sites (tertiary alicyclic amines) is 1. The summed E-state index contributed by atoms with van der Waals surface area (Å²) in [5.74, 6) is 2.42. The summed E-state index contributed by atoms with van der Waals surface area (Å²) in [7, 11) is 0. The minimum atomic E-state index is 0.355. The van der Waals surface area contributed by atoms with Crippen molar-refractivity contribution in [3.8, 4) is 6.07 Å². The van der Waals surface area contributed by atoms with Crippen LogP contribution in [0, 0.1) is 23.2 Å². The first kappa shape index (κ1) is 14.8. The molecule has 1 aliphatic rings. The molecule has 0 spiro atoms. The van der Waals surface area contributed by atoms with E-state index in [-0.39, 0.29) is 0 Å². The Morgan fingerprint density at radius 3 is 2.65 bits per heavy atom. The fraction of sp³-hybridized carbons (Fsp3) is 0.625. The second kappa shape index (κ2) is 6.71. The van der Waals surface area contributed by atoms with Crippen molar-refractivity contribution in [1.29, 1.82) is 5.26 Å². The van der Waals surface area contributed by atoms with E-state index in [1.807, 2.05) is 6.07 Å². The Bertz CT molecular complexity index is 452. The van der Waals surface area contributed by atoms with Crippen LogP contribution in [0.25, 0.3) is 0 Å². The third kappa shape index (κ3) is 4.21. The Kier molecular flexibility index (Phi) is 4.97. The fourth-order valence-electron chi connectivity index (χ4n) is 3.17. The lowest BCUT2D eigenvalue weighted by Gasteiger charge is -2.36. The topological polar surface area (TPSA) is 52.0 Å². The smallest absolute Gasteiger partial charge is 0.126 e. The second-order valence-electron chi connectivity index (χ2n) is 6.25. The van der Waals surface area contributed by atoms with Gasteiger partial charge in [-0.2, -0.15) is 5.26 Å². The predicted molar refractivity (Wildman–Crippen MR) is 81.4 cm³/mol. The van der Waals surface area contributed by atoms with Crippen molar-refractivity contribution in [1.82, 2.24) is 9.88 Å².